The van der Waals surface area contributed by atoms with Gasteiger partial charge in [-0.1, -0.05) is 11.6 Å². The monoisotopic (exact) mass is 333 g/mol. The highest BCUT2D eigenvalue weighted by Gasteiger charge is 2.31. The number of hydrogen-bond acceptors (Lipinski definition) is 3. The summed E-state index contributed by atoms with van der Waals surface area (Å²) in [6.45, 7) is 0.745. The van der Waals surface area contributed by atoms with Gasteiger partial charge in [0.05, 0.1) is 18.8 Å². The minimum atomic E-state index is -0.322. The number of amides is 3. The summed E-state index contributed by atoms with van der Waals surface area (Å²) in [7, 11) is 0. The third-order valence-electron chi connectivity index (χ3n) is 3.60. The molecule has 0 radical (unpaired) electrons. The largest absolute Gasteiger partial charge is 0.467 e. The third kappa shape index (κ3) is 3.84. The molecule has 7 heteroatoms. The average molecular weight is 334 g/mol. The molecule has 2 aromatic rings. The molecule has 23 heavy (non-hydrogen) atoms. The maximum absolute atomic E-state index is 12.1. The maximum atomic E-state index is 12.1. The Balaban J connectivity index is 1.53. The van der Waals surface area contributed by atoms with Gasteiger partial charge in [0.2, 0.25) is 5.91 Å². The van der Waals surface area contributed by atoms with Crippen molar-refractivity contribution in [2.24, 2.45) is 0 Å². The van der Waals surface area contributed by atoms with E-state index in [9.17, 15) is 9.59 Å². The zero-order valence-corrected chi connectivity index (χ0v) is 13.0. The fourth-order valence-corrected chi connectivity index (χ4v) is 2.62. The van der Waals surface area contributed by atoms with Gasteiger partial charge in [-0.25, -0.2) is 4.79 Å². The fourth-order valence-electron chi connectivity index (χ4n) is 2.49. The first-order chi connectivity index (χ1) is 11.1. The molecule has 120 valence electrons. The molecule has 1 atom stereocenters. The van der Waals surface area contributed by atoms with Crippen molar-refractivity contribution in [2.75, 3.05) is 11.4 Å². The SMILES string of the molecule is O=C(NCc1ccco1)NC1CC(=O)N(c2ccc(Cl)cc2)C1. The molecule has 1 saturated heterocycles. The second kappa shape index (κ2) is 6.75. The molecule has 1 fully saturated rings. The second-order valence-corrected chi connectivity index (χ2v) is 5.72. The molecule has 0 saturated carbocycles. The summed E-state index contributed by atoms with van der Waals surface area (Å²) in [6, 6.07) is 10.0. The molecule has 1 aliphatic rings. The van der Waals surface area contributed by atoms with Crippen LogP contribution in [0.25, 0.3) is 0 Å². The number of halogens is 1. The Labute approximate surface area is 138 Å². The Morgan fingerprint density at radius 3 is 2.78 bits per heavy atom. The number of rotatable bonds is 4. The summed E-state index contributed by atoms with van der Waals surface area (Å²) in [6.07, 6.45) is 1.82. The normalized spacial score (nSPS) is 17.3. The Bertz CT molecular complexity index is 685. The molecule has 1 aromatic carbocycles. The summed E-state index contributed by atoms with van der Waals surface area (Å²) in [5.74, 6) is 0.647. The Hall–Kier alpha value is -2.47. The quantitative estimate of drug-likeness (QED) is 0.903. The third-order valence-corrected chi connectivity index (χ3v) is 3.85. The van der Waals surface area contributed by atoms with E-state index in [4.69, 9.17) is 16.0 Å². The highest BCUT2D eigenvalue weighted by molar-refractivity contribution is 6.30. The highest BCUT2D eigenvalue weighted by atomic mass is 35.5. The predicted octanol–water partition coefficient (Wildman–Crippen LogP) is 2.54. The summed E-state index contributed by atoms with van der Waals surface area (Å²) >= 11 is 5.85. The van der Waals surface area contributed by atoms with Crippen molar-refractivity contribution < 1.29 is 14.0 Å². The Morgan fingerprint density at radius 1 is 1.30 bits per heavy atom. The summed E-state index contributed by atoms with van der Waals surface area (Å²) in [5, 5.41) is 6.12. The highest BCUT2D eigenvalue weighted by Crippen LogP contribution is 2.23. The topological polar surface area (TPSA) is 74.6 Å². The lowest BCUT2D eigenvalue weighted by molar-refractivity contribution is -0.117. The van der Waals surface area contributed by atoms with Crippen molar-refractivity contribution in [2.45, 2.75) is 19.0 Å². The van der Waals surface area contributed by atoms with Crippen molar-refractivity contribution in [3.05, 3.63) is 53.4 Å². The van der Waals surface area contributed by atoms with Crippen LogP contribution in [0.3, 0.4) is 0 Å². The van der Waals surface area contributed by atoms with Crippen LogP contribution < -0.4 is 15.5 Å². The van der Waals surface area contributed by atoms with E-state index in [1.54, 1.807) is 47.6 Å². The van der Waals surface area contributed by atoms with Crippen LogP contribution in [-0.4, -0.2) is 24.5 Å². The molecular formula is C16H16ClN3O3. The van der Waals surface area contributed by atoms with Gasteiger partial charge in [-0.05, 0) is 36.4 Å². The average Bonchev–Trinajstić information content (AvgIpc) is 3.16. The Kier molecular flexibility index (Phi) is 4.52. The predicted molar refractivity (Wildman–Crippen MR) is 86.3 cm³/mol. The molecular weight excluding hydrogens is 318 g/mol. The van der Waals surface area contributed by atoms with Gasteiger partial charge in [0.1, 0.15) is 5.76 Å². The summed E-state index contributed by atoms with van der Waals surface area (Å²) in [4.78, 5) is 25.6. The van der Waals surface area contributed by atoms with Gasteiger partial charge in [-0.2, -0.15) is 0 Å². The van der Waals surface area contributed by atoms with Crippen LogP contribution in [0.4, 0.5) is 10.5 Å². The fraction of sp³-hybridized carbons (Fsp3) is 0.250. The molecule has 1 aromatic heterocycles. The van der Waals surface area contributed by atoms with Crippen molar-refractivity contribution in [3.63, 3.8) is 0 Å². The zero-order chi connectivity index (χ0) is 16.2. The molecule has 0 bridgehead atoms. The maximum Gasteiger partial charge on any atom is 0.315 e. The van der Waals surface area contributed by atoms with E-state index in [1.165, 1.54) is 0 Å². The van der Waals surface area contributed by atoms with E-state index in [0.29, 0.717) is 23.9 Å². The molecule has 3 amide bonds. The van der Waals surface area contributed by atoms with Gasteiger partial charge >= 0.3 is 6.03 Å². The molecule has 1 unspecified atom stereocenters. The van der Waals surface area contributed by atoms with Crippen molar-refractivity contribution in [1.82, 2.24) is 10.6 Å². The van der Waals surface area contributed by atoms with Crippen LogP contribution in [0, 0.1) is 0 Å². The standard InChI is InChI=1S/C16H16ClN3O3/c17-11-3-5-13(6-4-11)20-10-12(8-15(20)21)19-16(22)18-9-14-2-1-7-23-14/h1-7,12H,8-10H2,(H2,18,19,22). The number of furan rings is 1. The number of nitrogens with one attached hydrogen (secondary N) is 2. The van der Waals surface area contributed by atoms with Crippen LogP contribution in [0.5, 0.6) is 0 Å². The number of carbonyl (C=O) groups excluding carboxylic acids is 2. The van der Waals surface area contributed by atoms with E-state index in [1.807, 2.05) is 0 Å². The summed E-state index contributed by atoms with van der Waals surface area (Å²) < 4.78 is 5.14. The molecule has 2 N–H and O–H groups in total. The van der Waals surface area contributed by atoms with E-state index in [0.717, 1.165) is 5.69 Å². The Morgan fingerprint density at radius 2 is 2.09 bits per heavy atom. The number of benzene rings is 1. The van der Waals surface area contributed by atoms with E-state index >= 15 is 0 Å². The van der Waals surface area contributed by atoms with Gasteiger partial charge < -0.3 is 20.0 Å². The number of carbonyl (C=O) groups is 2. The van der Waals surface area contributed by atoms with Gasteiger partial charge in [-0.3, -0.25) is 4.79 Å². The van der Waals surface area contributed by atoms with Crippen molar-refractivity contribution in [3.8, 4) is 0 Å². The van der Waals surface area contributed by atoms with E-state index in [2.05, 4.69) is 10.6 Å². The summed E-state index contributed by atoms with van der Waals surface area (Å²) in [5.41, 5.74) is 0.777. The van der Waals surface area contributed by atoms with Gasteiger partial charge in [0.15, 0.2) is 0 Å². The molecule has 6 nitrogen and oxygen atoms in total. The zero-order valence-electron chi connectivity index (χ0n) is 12.3. The number of hydrogen-bond donors (Lipinski definition) is 2. The van der Waals surface area contributed by atoms with Crippen molar-refractivity contribution in [1.29, 1.82) is 0 Å². The number of nitrogens with zero attached hydrogens (tertiary/aromatic N) is 1. The first kappa shape index (κ1) is 15.4. The number of urea groups is 1. The minimum absolute atomic E-state index is 0.0244. The van der Waals surface area contributed by atoms with Crippen LogP contribution in [-0.2, 0) is 11.3 Å². The molecule has 0 spiro atoms. The van der Waals surface area contributed by atoms with Crippen LogP contribution >= 0.6 is 11.6 Å². The van der Waals surface area contributed by atoms with Crippen LogP contribution in [0.15, 0.2) is 47.1 Å². The first-order valence-electron chi connectivity index (χ1n) is 7.24. The van der Waals surface area contributed by atoms with E-state index in [-0.39, 0.29) is 24.4 Å². The molecule has 3 rings (SSSR count). The van der Waals surface area contributed by atoms with Crippen LogP contribution in [0.2, 0.25) is 5.02 Å². The van der Waals surface area contributed by atoms with E-state index < -0.39 is 0 Å². The van der Waals surface area contributed by atoms with Gasteiger partial charge in [0, 0.05) is 23.7 Å². The molecule has 1 aliphatic heterocycles. The first-order valence-corrected chi connectivity index (χ1v) is 7.62. The minimum Gasteiger partial charge on any atom is -0.467 e. The van der Waals surface area contributed by atoms with Gasteiger partial charge in [0.25, 0.3) is 0 Å². The number of anilines is 1. The lowest BCUT2D eigenvalue weighted by Crippen LogP contribution is -2.43. The van der Waals surface area contributed by atoms with Gasteiger partial charge in [-0.15, -0.1) is 0 Å². The van der Waals surface area contributed by atoms with Crippen LogP contribution in [0.1, 0.15) is 12.2 Å². The smallest absolute Gasteiger partial charge is 0.315 e. The lowest BCUT2D eigenvalue weighted by atomic mass is 10.2. The molecule has 0 aliphatic carbocycles. The van der Waals surface area contributed by atoms with Crippen molar-refractivity contribution >= 4 is 29.2 Å². The molecule has 2 heterocycles. The lowest BCUT2D eigenvalue weighted by Gasteiger charge is -2.17. The second-order valence-electron chi connectivity index (χ2n) is 5.29.